The molecule has 0 aliphatic carbocycles. The molecule has 1 aliphatic rings. The van der Waals surface area contributed by atoms with E-state index in [0.717, 1.165) is 24.9 Å². The third kappa shape index (κ3) is 3.79. The maximum absolute atomic E-state index is 5.95. The Labute approximate surface area is 99.1 Å². The molecule has 6 heteroatoms. The van der Waals surface area contributed by atoms with Crippen LogP contribution in [-0.4, -0.2) is 39.1 Å². The maximum atomic E-state index is 5.95. The highest BCUT2D eigenvalue weighted by atomic mass is 28.4. The predicted molar refractivity (Wildman–Crippen MR) is 64.7 cm³/mol. The van der Waals surface area contributed by atoms with Crippen molar-refractivity contribution in [1.82, 2.24) is 10.8 Å². The molecule has 0 radical (unpaired) electrons. The van der Waals surface area contributed by atoms with Gasteiger partial charge in [0.15, 0.2) is 0 Å². The Hall–Kier alpha value is 0.0169. The number of hydrogen-bond acceptors (Lipinski definition) is 5. The molecule has 1 aliphatic heterocycles. The van der Waals surface area contributed by atoms with Gasteiger partial charge < -0.3 is 4.43 Å². The number of hydrogen-bond donors (Lipinski definition) is 1. The Kier molecular flexibility index (Phi) is 5.88. The van der Waals surface area contributed by atoms with E-state index >= 15 is 0 Å². The van der Waals surface area contributed by atoms with Crippen LogP contribution in [0.1, 0.15) is 27.7 Å². The first kappa shape index (κ1) is 14.1. The molecule has 1 N–H and O–H groups in total. The molecular formula is C10H24N2O3Si. The Bertz CT molecular complexity index is 203. The molecule has 96 valence electrons. The van der Waals surface area contributed by atoms with Gasteiger partial charge in [0.05, 0.1) is 0 Å². The second kappa shape index (κ2) is 6.68. The Balaban J connectivity index is 2.37. The molecule has 1 saturated heterocycles. The molecule has 0 amide bonds. The summed E-state index contributed by atoms with van der Waals surface area (Å²) in [5.74, 6) is 0. The lowest BCUT2D eigenvalue weighted by Crippen LogP contribution is -2.51. The zero-order valence-electron chi connectivity index (χ0n) is 10.8. The molecule has 0 spiro atoms. The minimum absolute atomic E-state index is 0.124. The van der Waals surface area contributed by atoms with Gasteiger partial charge in [-0.05, 0) is 25.9 Å². The Morgan fingerprint density at radius 3 is 2.50 bits per heavy atom. The van der Waals surface area contributed by atoms with Gasteiger partial charge in [-0.3, -0.25) is 9.68 Å². The van der Waals surface area contributed by atoms with Gasteiger partial charge in [-0.1, -0.05) is 13.8 Å². The summed E-state index contributed by atoms with van der Waals surface area (Å²) in [6.45, 7) is 9.82. The predicted octanol–water partition coefficient (Wildman–Crippen LogP) is 1.62. The SMILES string of the molecule is CCO[Si](CC)(CC)CNN1OCC(C)O1. The van der Waals surface area contributed by atoms with Crippen LogP contribution in [0, 0.1) is 0 Å². The van der Waals surface area contributed by atoms with Crippen molar-refractivity contribution in [3.63, 3.8) is 0 Å². The fraction of sp³-hybridized carbons (Fsp3) is 1.00. The van der Waals surface area contributed by atoms with Crippen molar-refractivity contribution in [3.8, 4) is 0 Å². The van der Waals surface area contributed by atoms with Crippen molar-refractivity contribution in [2.75, 3.05) is 19.4 Å². The number of hydrazine groups is 1. The molecule has 0 aromatic heterocycles. The van der Waals surface area contributed by atoms with Gasteiger partial charge in [0.2, 0.25) is 8.32 Å². The normalized spacial score (nSPS) is 22.9. The molecule has 0 aromatic carbocycles. The molecule has 5 nitrogen and oxygen atoms in total. The van der Waals surface area contributed by atoms with Crippen LogP contribution < -0.4 is 5.43 Å². The Morgan fingerprint density at radius 2 is 2.06 bits per heavy atom. The second-order valence-corrected chi connectivity index (χ2v) is 8.55. The van der Waals surface area contributed by atoms with Crippen LogP contribution in [-0.2, 0) is 14.1 Å². The van der Waals surface area contributed by atoms with E-state index in [1.54, 1.807) is 0 Å². The van der Waals surface area contributed by atoms with Crippen LogP contribution in [0.2, 0.25) is 12.1 Å². The summed E-state index contributed by atoms with van der Waals surface area (Å²) in [5, 5.41) is 1.39. The molecule has 1 rings (SSSR count). The third-order valence-corrected chi connectivity index (χ3v) is 7.25. The van der Waals surface area contributed by atoms with Gasteiger partial charge in [-0.2, -0.15) is 0 Å². The van der Waals surface area contributed by atoms with E-state index in [4.69, 9.17) is 14.1 Å². The van der Waals surface area contributed by atoms with Crippen LogP contribution in [0.15, 0.2) is 0 Å². The molecular weight excluding hydrogens is 224 g/mol. The summed E-state index contributed by atoms with van der Waals surface area (Å²) in [6, 6.07) is 2.21. The zero-order valence-corrected chi connectivity index (χ0v) is 11.8. The largest absolute Gasteiger partial charge is 0.416 e. The number of nitrogens with zero attached hydrogens (tertiary/aromatic N) is 1. The average Bonchev–Trinajstić information content (AvgIpc) is 2.71. The molecule has 0 bridgehead atoms. The monoisotopic (exact) mass is 248 g/mol. The van der Waals surface area contributed by atoms with Crippen LogP contribution >= 0.6 is 0 Å². The van der Waals surface area contributed by atoms with Crippen molar-refractivity contribution in [2.45, 2.75) is 45.9 Å². The molecule has 0 saturated carbocycles. The highest BCUT2D eigenvalue weighted by molar-refractivity contribution is 6.73. The topological polar surface area (TPSA) is 43.0 Å². The minimum Gasteiger partial charge on any atom is -0.416 e. The minimum atomic E-state index is -1.65. The van der Waals surface area contributed by atoms with Crippen molar-refractivity contribution in [3.05, 3.63) is 0 Å². The molecule has 0 aromatic rings. The van der Waals surface area contributed by atoms with E-state index in [9.17, 15) is 0 Å². The smallest absolute Gasteiger partial charge is 0.207 e. The first-order valence-electron chi connectivity index (χ1n) is 6.13. The zero-order chi connectivity index (χ0) is 12.0. The van der Waals surface area contributed by atoms with E-state index in [1.807, 2.05) is 6.92 Å². The van der Waals surface area contributed by atoms with Crippen LogP contribution in [0.3, 0.4) is 0 Å². The Morgan fingerprint density at radius 1 is 1.38 bits per heavy atom. The van der Waals surface area contributed by atoms with E-state index < -0.39 is 8.32 Å². The first-order valence-corrected chi connectivity index (χ1v) is 8.66. The summed E-state index contributed by atoms with van der Waals surface area (Å²) in [6.07, 6.45) is 0.958. The fourth-order valence-electron chi connectivity index (χ4n) is 1.75. The molecule has 1 unspecified atom stereocenters. The first-order chi connectivity index (χ1) is 7.65. The quantitative estimate of drug-likeness (QED) is 0.694. The van der Waals surface area contributed by atoms with Gasteiger partial charge in [0.25, 0.3) is 0 Å². The summed E-state index contributed by atoms with van der Waals surface area (Å²) in [5.41, 5.74) is 3.17. The van der Waals surface area contributed by atoms with Crippen molar-refractivity contribution >= 4 is 8.32 Å². The van der Waals surface area contributed by atoms with E-state index in [2.05, 4.69) is 26.2 Å². The van der Waals surface area contributed by atoms with Crippen LogP contribution in [0.25, 0.3) is 0 Å². The van der Waals surface area contributed by atoms with Crippen LogP contribution in [0.5, 0.6) is 0 Å². The fourth-order valence-corrected chi connectivity index (χ4v) is 4.29. The van der Waals surface area contributed by atoms with Crippen molar-refractivity contribution in [1.29, 1.82) is 0 Å². The number of rotatable bonds is 7. The van der Waals surface area contributed by atoms with Crippen molar-refractivity contribution < 1.29 is 14.1 Å². The highest BCUT2D eigenvalue weighted by Crippen LogP contribution is 2.16. The number of nitrogens with one attached hydrogen (secondary N) is 1. The summed E-state index contributed by atoms with van der Waals surface area (Å²) >= 11 is 0. The molecule has 1 fully saturated rings. The van der Waals surface area contributed by atoms with Crippen molar-refractivity contribution in [2.24, 2.45) is 0 Å². The second-order valence-electron chi connectivity index (χ2n) is 4.13. The summed E-state index contributed by atoms with van der Waals surface area (Å²) < 4.78 is 5.95. The van der Waals surface area contributed by atoms with Gasteiger partial charge in [-0.25, -0.2) is 5.43 Å². The lowest BCUT2D eigenvalue weighted by atomic mass is 10.5. The maximum Gasteiger partial charge on any atom is 0.207 e. The lowest BCUT2D eigenvalue weighted by Gasteiger charge is -2.30. The highest BCUT2D eigenvalue weighted by Gasteiger charge is 2.32. The van der Waals surface area contributed by atoms with Gasteiger partial charge in [-0.15, -0.1) is 0 Å². The summed E-state index contributed by atoms with van der Waals surface area (Å²) in [4.78, 5) is 10.7. The third-order valence-electron chi connectivity index (χ3n) is 2.97. The van der Waals surface area contributed by atoms with Gasteiger partial charge >= 0.3 is 0 Å². The summed E-state index contributed by atoms with van der Waals surface area (Å²) in [7, 11) is -1.65. The van der Waals surface area contributed by atoms with E-state index in [1.165, 1.54) is 5.34 Å². The van der Waals surface area contributed by atoms with Gasteiger partial charge in [0, 0.05) is 18.1 Å². The van der Waals surface area contributed by atoms with E-state index in [0.29, 0.717) is 6.61 Å². The van der Waals surface area contributed by atoms with Gasteiger partial charge in [0.1, 0.15) is 12.7 Å². The molecule has 16 heavy (non-hydrogen) atoms. The standard InChI is InChI=1S/C10H24N2O3Si/c1-5-14-16(6-2,7-3)9-11-12-13-8-10(4)15-12/h10-11H,5-9H2,1-4H3. The average molecular weight is 248 g/mol. The van der Waals surface area contributed by atoms with E-state index in [-0.39, 0.29) is 6.10 Å². The molecule has 1 heterocycles. The lowest BCUT2D eigenvalue weighted by molar-refractivity contribution is -0.338. The van der Waals surface area contributed by atoms with Crippen LogP contribution in [0.4, 0.5) is 0 Å². The molecule has 1 atom stereocenters.